The van der Waals surface area contributed by atoms with Crippen LogP contribution in [0.2, 0.25) is 0 Å². The molecule has 2 aromatic heterocycles. The van der Waals surface area contributed by atoms with Crippen LogP contribution in [0.5, 0.6) is 5.75 Å². The number of nitrogens with one attached hydrogen (secondary N) is 1. The number of hydrogen-bond donors (Lipinski definition) is 1. The van der Waals surface area contributed by atoms with Crippen LogP contribution in [-0.2, 0) is 11.8 Å². The average Bonchev–Trinajstić information content (AvgIpc) is 3.37. The fourth-order valence-electron chi connectivity index (χ4n) is 3.73. The number of ether oxygens (including phenoxy) is 1. The Balaban J connectivity index is 1.32. The predicted molar refractivity (Wildman–Crippen MR) is 131 cm³/mol. The zero-order valence-electron chi connectivity index (χ0n) is 18.5. The highest BCUT2D eigenvalue weighted by Crippen LogP contribution is 2.36. The molecule has 5 aromatic rings. The van der Waals surface area contributed by atoms with E-state index in [2.05, 4.69) is 15.5 Å². The van der Waals surface area contributed by atoms with Crippen LogP contribution in [0.1, 0.15) is 5.56 Å². The second-order valence-corrected chi connectivity index (χ2v) is 8.66. The number of methoxy groups -OCH3 is 1. The van der Waals surface area contributed by atoms with Crippen molar-refractivity contribution in [1.29, 1.82) is 0 Å². The molecule has 3 aromatic carbocycles. The summed E-state index contributed by atoms with van der Waals surface area (Å²) in [6.07, 6.45) is 0. The molecule has 0 radical (unpaired) electrons. The second-order valence-electron chi connectivity index (χ2n) is 7.71. The number of hydrogen-bond acceptors (Lipinski definition) is 6. The van der Waals surface area contributed by atoms with E-state index in [0.29, 0.717) is 22.2 Å². The average molecular weight is 459 g/mol. The van der Waals surface area contributed by atoms with Crippen LogP contribution in [0.4, 0.5) is 5.69 Å². The summed E-state index contributed by atoms with van der Waals surface area (Å²) in [5, 5.41) is 14.1. The molecule has 2 heterocycles. The van der Waals surface area contributed by atoms with Crippen LogP contribution in [0.15, 0.2) is 70.2 Å². The van der Waals surface area contributed by atoms with E-state index >= 15 is 0 Å². The van der Waals surface area contributed by atoms with Gasteiger partial charge in [0.2, 0.25) is 5.91 Å². The normalized spacial score (nSPS) is 11.2. The molecule has 0 aliphatic carbocycles. The molecule has 0 saturated heterocycles. The fraction of sp³-hybridized carbons (Fsp3) is 0.160. The van der Waals surface area contributed by atoms with Gasteiger partial charge in [-0.3, -0.25) is 4.79 Å². The molecule has 0 fully saturated rings. The van der Waals surface area contributed by atoms with Crippen LogP contribution in [-0.4, -0.2) is 33.5 Å². The van der Waals surface area contributed by atoms with Gasteiger partial charge in [-0.2, -0.15) is 0 Å². The smallest absolute Gasteiger partial charge is 0.234 e. The summed E-state index contributed by atoms with van der Waals surface area (Å²) in [6.45, 7) is 2.04. The number of para-hydroxylation sites is 1. The number of aryl methyl sites for hydroxylation is 1. The highest BCUT2D eigenvalue weighted by atomic mass is 32.2. The van der Waals surface area contributed by atoms with Crippen molar-refractivity contribution in [3.63, 3.8) is 0 Å². The fourth-order valence-corrected chi connectivity index (χ4v) is 4.44. The van der Waals surface area contributed by atoms with E-state index in [9.17, 15) is 4.79 Å². The van der Waals surface area contributed by atoms with E-state index in [1.54, 1.807) is 13.2 Å². The zero-order chi connectivity index (χ0) is 22.9. The molecule has 0 atom stereocenters. The van der Waals surface area contributed by atoms with Crippen LogP contribution in [0.25, 0.3) is 33.3 Å². The SMILES string of the molecule is COc1cc2c(cc1NC(=O)CSc1nnc(-c3ccc(C)cc3)n1C)oc1ccccc12. The number of carbonyl (C=O) groups is 1. The maximum absolute atomic E-state index is 12.7. The van der Waals surface area contributed by atoms with E-state index in [1.807, 2.05) is 73.1 Å². The zero-order valence-corrected chi connectivity index (χ0v) is 19.3. The number of fused-ring (bicyclic) bond motifs is 3. The first-order valence-corrected chi connectivity index (χ1v) is 11.4. The molecule has 0 aliphatic rings. The van der Waals surface area contributed by atoms with E-state index in [-0.39, 0.29) is 11.7 Å². The minimum Gasteiger partial charge on any atom is -0.495 e. The largest absolute Gasteiger partial charge is 0.495 e. The van der Waals surface area contributed by atoms with Crippen molar-refractivity contribution in [1.82, 2.24) is 14.8 Å². The maximum atomic E-state index is 12.7. The van der Waals surface area contributed by atoms with E-state index in [4.69, 9.17) is 9.15 Å². The van der Waals surface area contributed by atoms with Gasteiger partial charge in [0, 0.05) is 29.4 Å². The molecular weight excluding hydrogens is 436 g/mol. The Bertz CT molecular complexity index is 1470. The van der Waals surface area contributed by atoms with Crippen molar-refractivity contribution >= 4 is 45.3 Å². The topological polar surface area (TPSA) is 82.2 Å². The van der Waals surface area contributed by atoms with Crippen molar-refractivity contribution in [2.75, 3.05) is 18.2 Å². The maximum Gasteiger partial charge on any atom is 0.234 e. The lowest BCUT2D eigenvalue weighted by Gasteiger charge is -2.10. The first-order valence-electron chi connectivity index (χ1n) is 10.4. The molecule has 8 heteroatoms. The Morgan fingerprint density at radius 3 is 2.64 bits per heavy atom. The minimum atomic E-state index is -0.173. The molecule has 7 nitrogen and oxygen atoms in total. The van der Waals surface area contributed by atoms with E-state index in [0.717, 1.165) is 27.7 Å². The molecule has 0 spiro atoms. The van der Waals surface area contributed by atoms with Gasteiger partial charge in [0.15, 0.2) is 11.0 Å². The highest BCUT2D eigenvalue weighted by Gasteiger charge is 2.16. The standard InChI is InChI=1S/C25H22N4O3S/c1-15-8-10-16(11-9-15)24-27-28-25(29(24)2)33-14-23(30)26-19-13-21-18(12-22(19)31-3)17-6-4-5-7-20(17)32-21/h4-13H,14H2,1-3H3,(H,26,30). The summed E-state index contributed by atoms with van der Waals surface area (Å²) in [7, 11) is 3.48. The minimum absolute atomic E-state index is 0.173. The summed E-state index contributed by atoms with van der Waals surface area (Å²) >= 11 is 1.33. The lowest BCUT2D eigenvalue weighted by atomic mass is 10.1. The van der Waals surface area contributed by atoms with E-state index < -0.39 is 0 Å². The van der Waals surface area contributed by atoms with Gasteiger partial charge in [-0.15, -0.1) is 10.2 Å². The molecule has 1 amide bonds. The summed E-state index contributed by atoms with van der Waals surface area (Å²) in [5.74, 6) is 1.34. The van der Waals surface area contributed by atoms with Crippen molar-refractivity contribution in [3.05, 3.63) is 66.2 Å². The molecule has 5 rings (SSSR count). The highest BCUT2D eigenvalue weighted by molar-refractivity contribution is 7.99. The van der Waals surface area contributed by atoms with Crippen LogP contribution < -0.4 is 10.1 Å². The molecule has 166 valence electrons. The van der Waals surface area contributed by atoms with Gasteiger partial charge in [-0.25, -0.2) is 0 Å². The van der Waals surface area contributed by atoms with Crippen LogP contribution in [0, 0.1) is 6.92 Å². The molecule has 1 N–H and O–H groups in total. The number of anilines is 1. The molecular formula is C25H22N4O3S. The lowest BCUT2D eigenvalue weighted by molar-refractivity contribution is -0.113. The van der Waals surface area contributed by atoms with Crippen molar-refractivity contribution < 1.29 is 13.9 Å². The van der Waals surface area contributed by atoms with Gasteiger partial charge in [0.05, 0.1) is 18.6 Å². The van der Waals surface area contributed by atoms with Crippen molar-refractivity contribution in [2.45, 2.75) is 12.1 Å². The quantitative estimate of drug-likeness (QED) is 0.342. The third-order valence-corrected chi connectivity index (χ3v) is 6.47. The number of carbonyl (C=O) groups excluding carboxylic acids is 1. The first kappa shape index (κ1) is 21.1. The number of aromatic nitrogens is 3. The Kier molecular flexibility index (Phi) is 5.51. The molecule has 0 saturated carbocycles. The molecule has 33 heavy (non-hydrogen) atoms. The summed E-state index contributed by atoms with van der Waals surface area (Å²) in [4.78, 5) is 12.7. The van der Waals surface area contributed by atoms with Gasteiger partial charge in [-0.05, 0) is 19.1 Å². The summed E-state index contributed by atoms with van der Waals surface area (Å²) in [5.41, 5.74) is 4.21. The van der Waals surface area contributed by atoms with Crippen molar-refractivity contribution in [2.24, 2.45) is 7.05 Å². The molecule has 0 aliphatic heterocycles. The number of benzene rings is 3. The van der Waals surface area contributed by atoms with Crippen LogP contribution in [0.3, 0.4) is 0 Å². The first-order chi connectivity index (χ1) is 16.0. The number of amides is 1. The number of rotatable bonds is 6. The molecule has 0 bridgehead atoms. The summed E-state index contributed by atoms with van der Waals surface area (Å²) < 4.78 is 13.4. The predicted octanol–water partition coefficient (Wildman–Crippen LogP) is 5.43. The third-order valence-electron chi connectivity index (χ3n) is 5.45. The van der Waals surface area contributed by atoms with E-state index in [1.165, 1.54) is 17.3 Å². The Labute approximate surface area is 194 Å². The summed E-state index contributed by atoms with van der Waals surface area (Å²) in [6, 6.07) is 19.6. The Hall–Kier alpha value is -3.78. The van der Waals surface area contributed by atoms with Gasteiger partial charge < -0.3 is 19.0 Å². The van der Waals surface area contributed by atoms with Crippen LogP contribution >= 0.6 is 11.8 Å². The number of furan rings is 1. The third kappa shape index (κ3) is 4.05. The van der Waals surface area contributed by atoms with Crippen molar-refractivity contribution in [3.8, 4) is 17.1 Å². The van der Waals surface area contributed by atoms with Gasteiger partial charge in [0.1, 0.15) is 16.9 Å². The number of thioether (sulfide) groups is 1. The monoisotopic (exact) mass is 458 g/mol. The Morgan fingerprint density at radius 1 is 1.06 bits per heavy atom. The Morgan fingerprint density at radius 2 is 1.85 bits per heavy atom. The van der Waals surface area contributed by atoms with Gasteiger partial charge in [-0.1, -0.05) is 59.8 Å². The second kappa shape index (κ2) is 8.63. The number of nitrogens with zero attached hydrogens (tertiary/aromatic N) is 3. The van der Waals surface area contributed by atoms with Gasteiger partial charge in [0.25, 0.3) is 0 Å². The lowest BCUT2D eigenvalue weighted by Crippen LogP contribution is -2.15. The molecule has 0 unspecified atom stereocenters. The van der Waals surface area contributed by atoms with Gasteiger partial charge >= 0.3 is 0 Å².